The smallest absolute Gasteiger partial charge is 0.254 e. The van der Waals surface area contributed by atoms with E-state index in [1.807, 2.05) is 19.1 Å². The highest BCUT2D eigenvalue weighted by molar-refractivity contribution is 7.90. The summed E-state index contributed by atoms with van der Waals surface area (Å²) in [5.74, 6) is -0.210. The van der Waals surface area contributed by atoms with Gasteiger partial charge in [-0.1, -0.05) is 47.5 Å². The predicted molar refractivity (Wildman–Crippen MR) is 147 cm³/mol. The Hall–Kier alpha value is -2.15. The number of aromatic hydroxyl groups is 1. The van der Waals surface area contributed by atoms with Crippen LogP contribution in [-0.4, -0.2) is 45.0 Å². The molecular formula is C26H28Cl2NO5PS. The fourth-order valence-corrected chi connectivity index (χ4v) is 6.83. The minimum absolute atomic E-state index is 0.191. The summed E-state index contributed by atoms with van der Waals surface area (Å²) in [7, 11) is -2.61. The van der Waals surface area contributed by atoms with Gasteiger partial charge in [0.1, 0.15) is 5.75 Å². The number of benzene rings is 3. The van der Waals surface area contributed by atoms with Crippen molar-refractivity contribution in [2.75, 3.05) is 19.5 Å². The molecule has 3 aromatic rings. The summed E-state index contributed by atoms with van der Waals surface area (Å²) < 4.78 is 29.3. The number of phenols is 1. The van der Waals surface area contributed by atoms with Crippen LogP contribution in [0.15, 0.2) is 65.6 Å². The van der Waals surface area contributed by atoms with Crippen molar-refractivity contribution >= 4 is 52.4 Å². The van der Waals surface area contributed by atoms with E-state index in [4.69, 9.17) is 27.7 Å². The molecular weight excluding hydrogens is 540 g/mol. The van der Waals surface area contributed by atoms with Crippen LogP contribution in [-0.2, 0) is 27.2 Å². The molecule has 0 radical (unpaired) electrons. The molecule has 0 aliphatic rings. The van der Waals surface area contributed by atoms with Crippen LogP contribution in [0.1, 0.15) is 28.4 Å². The number of rotatable bonds is 10. The molecule has 10 heteroatoms. The zero-order chi connectivity index (χ0) is 26.5. The molecule has 0 fully saturated rings. The topological polar surface area (TPSA) is 92.7 Å². The summed E-state index contributed by atoms with van der Waals surface area (Å²) in [6.45, 7) is 1.83. The summed E-state index contributed by atoms with van der Waals surface area (Å²) in [5, 5.41) is 14.1. The first-order valence-corrected chi connectivity index (χ1v) is 15.3. The number of carbonyl (C=O) groups excluding carboxylic acids is 1. The van der Waals surface area contributed by atoms with Gasteiger partial charge in [-0.3, -0.25) is 4.79 Å². The average molecular weight is 568 g/mol. The number of sulfone groups is 1. The maximum absolute atomic E-state index is 12.9. The van der Waals surface area contributed by atoms with Crippen LogP contribution in [0, 0.1) is 0 Å². The molecule has 2 atom stereocenters. The molecule has 2 N–H and O–H groups in total. The van der Waals surface area contributed by atoms with Gasteiger partial charge in [-0.05, 0) is 67.3 Å². The second-order valence-electron chi connectivity index (χ2n) is 8.49. The molecule has 2 unspecified atom stereocenters. The summed E-state index contributed by atoms with van der Waals surface area (Å²) in [6.07, 6.45) is 2.92. The van der Waals surface area contributed by atoms with Crippen molar-refractivity contribution in [1.29, 1.82) is 0 Å². The number of phenolic OH excluding ortho intramolecular Hbond substituents is 1. The molecule has 0 aliphatic carbocycles. The monoisotopic (exact) mass is 567 g/mol. The van der Waals surface area contributed by atoms with Gasteiger partial charge in [-0.2, -0.15) is 0 Å². The zero-order valence-electron chi connectivity index (χ0n) is 20.2. The van der Waals surface area contributed by atoms with Crippen molar-refractivity contribution in [3.8, 4) is 5.75 Å². The number of hydrogen-bond acceptors (Lipinski definition) is 5. The van der Waals surface area contributed by atoms with Gasteiger partial charge >= 0.3 is 0 Å². The van der Waals surface area contributed by atoms with Gasteiger partial charge in [0.25, 0.3) is 5.91 Å². The van der Waals surface area contributed by atoms with Crippen molar-refractivity contribution in [2.45, 2.75) is 30.7 Å². The molecule has 0 aromatic heterocycles. The Morgan fingerprint density at radius 2 is 1.72 bits per heavy atom. The van der Waals surface area contributed by atoms with E-state index < -0.39 is 23.9 Å². The second-order valence-corrected chi connectivity index (χ2v) is 13.4. The molecule has 0 saturated carbocycles. The third-order valence-electron chi connectivity index (χ3n) is 5.52. The minimum atomic E-state index is -3.31. The predicted octanol–water partition coefficient (Wildman–Crippen LogP) is 5.37. The van der Waals surface area contributed by atoms with Crippen molar-refractivity contribution in [3.05, 3.63) is 87.4 Å². The van der Waals surface area contributed by atoms with Crippen LogP contribution < -0.4 is 10.6 Å². The van der Waals surface area contributed by atoms with E-state index in [9.17, 15) is 18.3 Å². The van der Waals surface area contributed by atoms with E-state index in [0.717, 1.165) is 22.7 Å². The second kappa shape index (κ2) is 12.4. The van der Waals surface area contributed by atoms with Gasteiger partial charge in [0.2, 0.25) is 0 Å². The number of halogens is 2. The fraction of sp³-hybridized carbons (Fsp3) is 0.269. The lowest BCUT2D eigenvalue weighted by molar-refractivity contribution is 0.0940. The van der Waals surface area contributed by atoms with Gasteiger partial charge in [0.05, 0.1) is 28.7 Å². The lowest BCUT2D eigenvalue weighted by atomic mass is 10.1. The van der Waals surface area contributed by atoms with E-state index in [-0.39, 0.29) is 32.3 Å². The van der Waals surface area contributed by atoms with Crippen molar-refractivity contribution < 1.29 is 22.8 Å². The molecule has 0 heterocycles. The normalized spacial score (nSPS) is 13.2. The Balaban J connectivity index is 1.66. The molecule has 3 aromatic carbocycles. The fourth-order valence-electron chi connectivity index (χ4n) is 3.80. The molecule has 0 spiro atoms. The summed E-state index contributed by atoms with van der Waals surface area (Å²) >= 11 is 12.9. The van der Waals surface area contributed by atoms with Gasteiger partial charge in [-0.25, -0.2) is 8.42 Å². The van der Waals surface area contributed by atoms with E-state index in [1.54, 1.807) is 55.6 Å². The average Bonchev–Trinajstić information content (AvgIpc) is 2.78. The number of aryl methyl sites for hydroxylation is 1. The maximum Gasteiger partial charge on any atom is 0.254 e. The largest absolute Gasteiger partial charge is 0.508 e. The maximum atomic E-state index is 12.9. The summed E-state index contributed by atoms with van der Waals surface area (Å²) in [4.78, 5) is 13.2. The SMILES string of the molecule is COP(CCc1cc(Cl)c(C(=O)NC(C)Cc2cccc(S(C)(=O)=O)c2)c(Cl)c1)c1cccc(O)c1. The van der Waals surface area contributed by atoms with Gasteiger partial charge in [-0.15, -0.1) is 0 Å². The zero-order valence-corrected chi connectivity index (χ0v) is 23.4. The van der Waals surface area contributed by atoms with Gasteiger partial charge in [0, 0.05) is 30.9 Å². The number of nitrogens with one attached hydrogen (secondary N) is 1. The van der Waals surface area contributed by atoms with E-state index >= 15 is 0 Å². The Morgan fingerprint density at radius 3 is 2.33 bits per heavy atom. The van der Waals surface area contributed by atoms with Crippen LogP contribution in [0.5, 0.6) is 5.75 Å². The molecule has 0 saturated heterocycles. The molecule has 3 rings (SSSR count). The lowest BCUT2D eigenvalue weighted by Gasteiger charge is -2.18. The van der Waals surface area contributed by atoms with E-state index in [1.165, 1.54) is 0 Å². The first-order chi connectivity index (χ1) is 17.0. The Morgan fingerprint density at radius 1 is 1.06 bits per heavy atom. The highest BCUT2D eigenvalue weighted by atomic mass is 35.5. The minimum Gasteiger partial charge on any atom is -0.508 e. The third-order valence-corrected chi connectivity index (χ3v) is 9.15. The van der Waals surface area contributed by atoms with Crippen LogP contribution in [0.3, 0.4) is 0 Å². The summed E-state index contributed by atoms with van der Waals surface area (Å²) in [5.41, 5.74) is 1.86. The quantitative estimate of drug-likeness (QED) is 0.321. The highest BCUT2D eigenvalue weighted by Gasteiger charge is 2.20. The van der Waals surface area contributed by atoms with Crippen molar-refractivity contribution in [2.24, 2.45) is 0 Å². The van der Waals surface area contributed by atoms with Crippen LogP contribution in [0.2, 0.25) is 10.0 Å². The first-order valence-electron chi connectivity index (χ1n) is 11.2. The Bertz CT molecular complexity index is 1330. The molecule has 192 valence electrons. The molecule has 0 aliphatic heterocycles. The van der Waals surface area contributed by atoms with Crippen LogP contribution >= 0.6 is 31.4 Å². The Labute approximate surface area is 223 Å². The molecule has 0 bridgehead atoms. The Kier molecular flexibility index (Phi) is 9.79. The third kappa shape index (κ3) is 7.67. The first kappa shape index (κ1) is 28.4. The molecule has 6 nitrogen and oxygen atoms in total. The number of carbonyl (C=O) groups is 1. The van der Waals surface area contributed by atoms with Crippen LogP contribution in [0.4, 0.5) is 0 Å². The van der Waals surface area contributed by atoms with Crippen molar-refractivity contribution in [1.82, 2.24) is 5.32 Å². The molecule has 36 heavy (non-hydrogen) atoms. The summed E-state index contributed by atoms with van der Waals surface area (Å²) in [6, 6.07) is 16.8. The van der Waals surface area contributed by atoms with Crippen LogP contribution in [0.25, 0.3) is 0 Å². The lowest BCUT2D eigenvalue weighted by Crippen LogP contribution is -2.34. The number of amides is 1. The molecule has 1 amide bonds. The van der Waals surface area contributed by atoms with Gasteiger partial charge in [0.15, 0.2) is 9.84 Å². The number of hydrogen-bond donors (Lipinski definition) is 2. The van der Waals surface area contributed by atoms with E-state index in [0.29, 0.717) is 19.0 Å². The highest BCUT2D eigenvalue weighted by Crippen LogP contribution is 2.37. The van der Waals surface area contributed by atoms with Crippen molar-refractivity contribution in [3.63, 3.8) is 0 Å². The van der Waals surface area contributed by atoms with E-state index in [2.05, 4.69) is 5.32 Å². The van der Waals surface area contributed by atoms with Gasteiger partial charge < -0.3 is 14.9 Å². The standard InChI is InChI=1S/C26H28Cl2NO5PS/c1-17(12-18-6-4-9-22(13-18)36(3,32)33)29-26(31)25-23(27)14-19(15-24(25)28)10-11-35(34-2)21-8-5-7-20(30)16-21/h4-9,13-17,30H,10-12H2,1-3H3,(H,29,31).